The largest absolute Gasteiger partial charge is 0.311 e. The molecule has 0 bridgehead atoms. The third kappa shape index (κ3) is 2.28. The van der Waals surface area contributed by atoms with Gasteiger partial charge < -0.3 is 4.90 Å². The predicted octanol–water partition coefficient (Wildman–Crippen LogP) is 3.53. The van der Waals surface area contributed by atoms with Crippen LogP contribution in [0.5, 0.6) is 0 Å². The molecule has 0 saturated carbocycles. The Hall–Kier alpha value is -2.09. The summed E-state index contributed by atoms with van der Waals surface area (Å²) in [6.45, 7) is 11.3. The van der Waals surface area contributed by atoms with Crippen LogP contribution in [0.15, 0.2) is 72.0 Å². The van der Waals surface area contributed by atoms with Crippen molar-refractivity contribution in [3.8, 4) is 0 Å². The van der Waals surface area contributed by atoms with Gasteiger partial charge >= 0.3 is 0 Å². The monoisotopic (exact) mass is 241 g/mol. The molecule has 1 amide bonds. The van der Waals surface area contributed by atoms with Gasteiger partial charge in [-0.25, -0.2) is 0 Å². The number of hydrogen-bond acceptors (Lipinski definition) is 1. The molecular weight excluding hydrogens is 222 g/mol. The number of nitrogens with zero attached hydrogens (tertiary/aromatic N) is 1. The molecule has 0 aromatic heterocycles. The highest BCUT2D eigenvalue weighted by Crippen LogP contribution is 2.35. The maximum atomic E-state index is 12.1. The van der Waals surface area contributed by atoms with E-state index in [1.165, 1.54) is 0 Å². The van der Waals surface area contributed by atoms with Crippen LogP contribution in [0.25, 0.3) is 0 Å². The molecule has 0 radical (unpaired) electrons. The predicted molar refractivity (Wildman–Crippen MR) is 76.8 cm³/mol. The van der Waals surface area contributed by atoms with Gasteiger partial charge in [-0.05, 0) is 25.5 Å². The van der Waals surface area contributed by atoms with Gasteiger partial charge in [-0.1, -0.05) is 43.5 Å². The molecule has 1 fully saturated rings. The maximum Gasteiger partial charge on any atom is 0.258 e. The van der Waals surface area contributed by atoms with Crippen molar-refractivity contribution in [3.05, 3.63) is 72.0 Å². The fourth-order valence-corrected chi connectivity index (χ4v) is 2.01. The summed E-state index contributed by atoms with van der Waals surface area (Å²) in [5.41, 5.74) is 3.42. The van der Waals surface area contributed by atoms with Crippen LogP contribution >= 0.6 is 0 Å². The van der Waals surface area contributed by atoms with Crippen LogP contribution in [0, 0.1) is 0 Å². The highest BCUT2D eigenvalue weighted by Gasteiger charge is 2.32. The zero-order chi connectivity index (χ0) is 13.7. The Kier molecular flexibility index (Phi) is 4.67. The van der Waals surface area contributed by atoms with E-state index < -0.39 is 0 Å². The second-order valence-electron chi connectivity index (χ2n) is 3.89. The molecule has 2 nitrogen and oxygen atoms in total. The van der Waals surface area contributed by atoms with E-state index in [1.807, 2.05) is 38.2 Å². The molecule has 1 heterocycles. The molecule has 1 aliphatic heterocycles. The quantitative estimate of drug-likeness (QED) is 0.692. The average Bonchev–Trinajstić information content (AvgIpc) is 2.61. The number of likely N-dealkylation sites (N-methyl/N-ethyl adjacent to an activating group) is 1. The standard InChI is InChI=1S/C16H19NO/c1-6-10-12(8-3)15-13(9-4)16(18)17(5)14(15)11-7-2/h6-11H,2-3H2,1,4-5H3/b10-6-,13-9+,14-11?,15-12+. The first-order valence-electron chi connectivity index (χ1n) is 5.89. The zero-order valence-electron chi connectivity index (χ0n) is 11.2. The molecular formula is C16H19NO. The van der Waals surface area contributed by atoms with Gasteiger partial charge in [-0.15, -0.1) is 0 Å². The summed E-state index contributed by atoms with van der Waals surface area (Å²) in [5.74, 6) is 0.00412. The van der Waals surface area contributed by atoms with Gasteiger partial charge in [0.15, 0.2) is 0 Å². The van der Waals surface area contributed by atoms with E-state index in [9.17, 15) is 4.79 Å². The summed E-state index contributed by atoms with van der Waals surface area (Å²) < 4.78 is 0. The van der Waals surface area contributed by atoms with Gasteiger partial charge in [0.05, 0.1) is 5.70 Å². The second-order valence-corrected chi connectivity index (χ2v) is 3.89. The number of amides is 1. The lowest BCUT2D eigenvalue weighted by atomic mass is 9.99. The van der Waals surface area contributed by atoms with E-state index >= 15 is 0 Å². The van der Waals surface area contributed by atoms with Gasteiger partial charge in [-0.2, -0.15) is 0 Å². The van der Waals surface area contributed by atoms with Gasteiger partial charge in [0.25, 0.3) is 5.91 Å². The Morgan fingerprint density at radius 1 is 1.28 bits per heavy atom. The third-order valence-electron chi connectivity index (χ3n) is 2.84. The highest BCUT2D eigenvalue weighted by molar-refractivity contribution is 6.05. The molecule has 0 spiro atoms. The average molecular weight is 241 g/mol. The number of hydrogen-bond donors (Lipinski definition) is 0. The minimum absolute atomic E-state index is 0.00412. The van der Waals surface area contributed by atoms with Crippen molar-refractivity contribution in [1.82, 2.24) is 4.90 Å². The van der Waals surface area contributed by atoms with Crippen LogP contribution in [-0.4, -0.2) is 17.9 Å². The van der Waals surface area contributed by atoms with Crippen molar-refractivity contribution in [2.45, 2.75) is 13.8 Å². The lowest BCUT2D eigenvalue weighted by Crippen LogP contribution is -2.17. The summed E-state index contributed by atoms with van der Waals surface area (Å²) in [7, 11) is 1.77. The number of likely N-dealkylation sites (tertiary alicyclic amines) is 1. The van der Waals surface area contributed by atoms with Crippen molar-refractivity contribution < 1.29 is 4.79 Å². The molecule has 18 heavy (non-hydrogen) atoms. The SMILES string of the molecule is C=CC=C1C(=C(C=C)/C=C\C)/C(=C\C)C(=O)N1C. The van der Waals surface area contributed by atoms with Crippen LogP contribution in [0.4, 0.5) is 0 Å². The Morgan fingerprint density at radius 2 is 1.94 bits per heavy atom. The van der Waals surface area contributed by atoms with Crippen LogP contribution < -0.4 is 0 Å². The molecule has 0 aromatic rings. The van der Waals surface area contributed by atoms with Crippen LogP contribution in [-0.2, 0) is 4.79 Å². The van der Waals surface area contributed by atoms with E-state index in [2.05, 4.69) is 13.2 Å². The van der Waals surface area contributed by atoms with E-state index in [-0.39, 0.29) is 5.91 Å². The molecule has 1 aliphatic rings. The molecule has 1 saturated heterocycles. The van der Waals surface area contributed by atoms with E-state index in [4.69, 9.17) is 0 Å². The molecule has 0 N–H and O–H groups in total. The number of carbonyl (C=O) groups is 1. The number of allylic oxidation sites excluding steroid dienone is 8. The number of rotatable bonds is 3. The fourth-order valence-electron chi connectivity index (χ4n) is 2.01. The zero-order valence-corrected chi connectivity index (χ0v) is 11.2. The summed E-state index contributed by atoms with van der Waals surface area (Å²) >= 11 is 0. The minimum atomic E-state index is 0.00412. The van der Waals surface area contributed by atoms with Gasteiger partial charge in [0.1, 0.15) is 0 Å². The topological polar surface area (TPSA) is 20.3 Å². The van der Waals surface area contributed by atoms with Crippen LogP contribution in [0.3, 0.4) is 0 Å². The second kappa shape index (κ2) is 6.01. The summed E-state index contributed by atoms with van der Waals surface area (Å²) in [4.78, 5) is 13.8. The van der Waals surface area contributed by atoms with Crippen LogP contribution in [0.1, 0.15) is 13.8 Å². The Morgan fingerprint density at radius 3 is 2.39 bits per heavy atom. The lowest BCUT2D eigenvalue weighted by molar-refractivity contribution is -0.122. The van der Waals surface area contributed by atoms with Crippen molar-refractivity contribution in [1.29, 1.82) is 0 Å². The summed E-state index contributed by atoms with van der Waals surface area (Å²) in [6.07, 6.45) is 11.0. The van der Waals surface area contributed by atoms with Gasteiger partial charge in [-0.3, -0.25) is 4.79 Å². The third-order valence-corrected chi connectivity index (χ3v) is 2.84. The molecule has 0 unspecified atom stereocenters. The van der Waals surface area contributed by atoms with Crippen molar-refractivity contribution in [2.24, 2.45) is 0 Å². The van der Waals surface area contributed by atoms with Crippen molar-refractivity contribution >= 4 is 5.91 Å². The van der Waals surface area contributed by atoms with Crippen LogP contribution in [0.2, 0.25) is 0 Å². The van der Waals surface area contributed by atoms with Crippen molar-refractivity contribution in [3.63, 3.8) is 0 Å². The fraction of sp³-hybridized carbons (Fsp3) is 0.188. The van der Waals surface area contributed by atoms with E-state index in [0.29, 0.717) is 5.57 Å². The first-order valence-corrected chi connectivity index (χ1v) is 5.89. The Balaban J connectivity index is 3.62. The minimum Gasteiger partial charge on any atom is -0.311 e. The summed E-state index contributed by atoms with van der Waals surface area (Å²) in [6, 6.07) is 0. The molecule has 94 valence electrons. The maximum absolute atomic E-state index is 12.1. The number of carbonyl (C=O) groups excluding carboxylic acids is 1. The van der Waals surface area contributed by atoms with Gasteiger partial charge in [0, 0.05) is 18.2 Å². The normalized spacial score (nSPS) is 23.3. The van der Waals surface area contributed by atoms with E-state index in [1.54, 1.807) is 24.1 Å². The Labute approximate surface area is 109 Å². The molecule has 0 aliphatic carbocycles. The molecule has 0 atom stereocenters. The first-order chi connectivity index (χ1) is 8.62. The molecule has 2 heteroatoms. The first kappa shape index (κ1) is 14.0. The van der Waals surface area contributed by atoms with Gasteiger partial charge in [0.2, 0.25) is 0 Å². The lowest BCUT2D eigenvalue weighted by Gasteiger charge is -2.10. The van der Waals surface area contributed by atoms with Crippen molar-refractivity contribution in [2.75, 3.05) is 7.05 Å². The molecule has 0 aromatic carbocycles. The smallest absolute Gasteiger partial charge is 0.258 e. The highest BCUT2D eigenvalue weighted by atomic mass is 16.2. The van der Waals surface area contributed by atoms with E-state index in [0.717, 1.165) is 16.8 Å². The Bertz CT molecular complexity index is 501. The molecule has 1 rings (SSSR count). The summed E-state index contributed by atoms with van der Waals surface area (Å²) in [5, 5.41) is 0.